The molecule has 2 saturated heterocycles. The summed E-state index contributed by atoms with van der Waals surface area (Å²) < 4.78 is 12.5. The third-order valence-corrected chi connectivity index (χ3v) is 5.23. The van der Waals surface area contributed by atoms with Gasteiger partial charge in [0.05, 0.1) is 12.6 Å². The van der Waals surface area contributed by atoms with Gasteiger partial charge >= 0.3 is 0 Å². The standard InChI is InChI=1S/C16H32N2O2/c1-11(17-13(3,4)5)15(8)18(9)12(2)16(20-15)14(6,7)10-19-16/h11-12,17H,10H2,1-9H3. The molecule has 1 N–H and O–H groups in total. The van der Waals surface area contributed by atoms with Crippen molar-refractivity contribution >= 4 is 0 Å². The average Bonchev–Trinajstić information content (AvgIpc) is 2.50. The molecular weight excluding hydrogens is 252 g/mol. The Kier molecular flexibility index (Phi) is 3.58. The maximum Gasteiger partial charge on any atom is 0.193 e. The number of rotatable bonds is 2. The van der Waals surface area contributed by atoms with Crippen molar-refractivity contribution in [1.82, 2.24) is 10.2 Å². The maximum atomic E-state index is 6.56. The normalized spacial score (nSPS) is 42.8. The molecule has 0 radical (unpaired) electrons. The first-order valence-electron chi connectivity index (χ1n) is 7.70. The van der Waals surface area contributed by atoms with Gasteiger partial charge < -0.3 is 14.8 Å². The monoisotopic (exact) mass is 284 g/mol. The van der Waals surface area contributed by atoms with Crippen LogP contribution in [0, 0.1) is 5.41 Å². The van der Waals surface area contributed by atoms with Crippen LogP contribution in [0.25, 0.3) is 0 Å². The van der Waals surface area contributed by atoms with Crippen molar-refractivity contribution < 1.29 is 9.47 Å². The highest BCUT2D eigenvalue weighted by atomic mass is 16.8. The molecule has 0 bridgehead atoms. The van der Waals surface area contributed by atoms with E-state index in [0.29, 0.717) is 0 Å². The summed E-state index contributed by atoms with van der Waals surface area (Å²) in [6.45, 7) is 18.3. The molecule has 4 unspecified atom stereocenters. The van der Waals surface area contributed by atoms with E-state index in [1.165, 1.54) is 0 Å². The van der Waals surface area contributed by atoms with Crippen molar-refractivity contribution in [2.75, 3.05) is 13.7 Å². The fourth-order valence-corrected chi connectivity index (χ4v) is 3.64. The van der Waals surface area contributed by atoms with E-state index in [1.807, 2.05) is 0 Å². The minimum atomic E-state index is -0.482. The van der Waals surface area contributed by atoms with E-state index in [1.54, 1.807) is 0 Å². The van der Waals surface area contributed by atoms with Crippen LogP contribution in [0.1, 0.15) is 55.4 Å². The summed E-state index contributed by atoms with van der Waals surface area (Å²) in [6.07, 6.45) is 0. The molecule has 2 heterocycles. The molecule has 2 aliphatic rings. The van der Waals surface area contributed by atoms with E-state index in [9.17, 15) is 0 Å². The van der Waals surface area contributed by atoms with Crippen molar-refractivity contribution in [3.05, 3.63) is 0 Å². The van der Waals surface area contributed by atoms with E-state index in [4.69, 9.17) is 9.47 Å². The first-order valence-corrected chi connectivity index (χ1v) is 7.70. The summed E-state index contributed by atoms with van der Waals surface area (Å²) in [7, 11) is 2.14. The Balaban J connectivity index is 2.26. The Morgan fingerprint density at radius 1 is 1.25 bits per heavy atom. The highest BCUT2D eigenvalue weighted by Crippen LogP contribution is 2.56. The lowest BCUT2D eigenvalue weighted by atomic mass is 9.75. The second kappa shape index (κ2) is 4.42. The third kappa shape index (κ3) is 2.12. The van der Waals surface area contributed by atoms with Crippen LogP contribution in [0.2, 0.25) is 0 Å². The summed E-state index contributed by atoms with van der Waals surface area (Å²) in [5.74, 6) is -0.482. The maximum absolute atomic E-state index is 6.56. The van der Waals surface area contributed by atoms with E-state index in [-0.39, 0.29) is 28.8 Å². The van der Waals surface area contributed by atoms with Gasteiger partial charge in [-0.2, -0.15) is 0 Å². The smallest absolute Gasteiger partial charge is 0.193 e. The van der Waals surface area contributed by atoms with Crippen LogP contribution in [-0.4, -0.2) is 47.7 Å². The fraction of sp³-hybridized carbons (Fsp3) is 1.00. The summed E-state index contributed by atoms with van der Waals surface area (Å²) >= 11 is 0. The second-order valence-corrected chi connectivity index (χ2v) is 8.40. The SMILES string of the molecule is CC(NC(C)(C)C)C1(C)OC2(OCC2(C)C)C(C)N1C. The lowest BCUT2D eigenvalue weighted by Gasteiger charge is -2.55. The number of hydrogen-bond acceptors (Lipinski definition) is 4. The largest absolute Gasteiger partial charge is 0.347 e. The summed E-state index contributed by atoms with van der Waals surface area (Å²) in [5.41, 5.74) is -0.258. The fourth-order valence-electron chi connectivity index (χ4n) is 3.64. The third-order valence-electron chi connectivity index (χ3n) is 5.23. The summed E-state index contributed by atoms with van der Waals surface area (Å²) in [5, 5.41) is 3.64. The van der Waals surface area contributed by atoms with Gasteiger partial charge in [-0.1, -0.05) is 13.8 Å². The molecule has 20 heavy (non-hydrogen) atoms. The van der Waals surface area contributed by atoms with Crippen LogP contribution in [-0.2, 0) is 9.47 Å². The first kappa shape index (κ1) is 16.2. The summed E-state index contributed by atoms with van der Waals surface area (Å²) in [4.78, 5) is 2.32. The molecule has 1 spiro atoms. The van der Waals surface area contributed by atoms with Gasteiger partial charge in [-0.25, -0.2) is 0 Å². The van der Waals surface area contributed by atoms with Gasteiger partial charge in [0.15, 0.2) is 5.79 Å². The Bertz CT molecular complexity index is 390. The van der Waals surface area contributed by atoms with Crippen LogP contribution >= 0.6 is 0 Å². The van der Waals surface area contributed by atoms with Crippen LogP contribution in [0.4, 0.5) is 0 Å². The van der Waals surface area contributed by atoms with Gasteiger partial charge in [-0.3, -0.25) is 4.90 Å². The van der Waals surface area contributed by atoms with E-state index in [2.05, 4.69) is 72.7 Å². The summed E-state index contributed by atoms with van der Waals surface area (Å²) in [6, 6.07) is 0.440. The number of nitrogens with one attached hydrogen (secondary N) is 1. The quantitative estimate of drug-likeness (QED) is 0.845. The molecule has 2 fully saturated rings. The molecule has 4 atom stereocenters. The molecule has 0 aromatic rings. The van der Waals surface area contributed by atoms with Gasteiger partial charge in [0, 0.05) is 17.0 Å². The molecular formula is C16H32N2O2. The van der Waals surface area contributed by atoms with Gasteiger partial charge in [-0.15, -0.1) is 0 Å². The zero-order valence-corrected chi connectivity index (χ0v) is 14.6. The number of nitrogens with zero attached hydrogens (tertiary/aromatic N) is 1. The number of likely N-dealkylation sites (N-methyl/N-ethyl adjacent to an activating group) is 1. The Labute approximate surface area is 124 Å². The number of ether oxygens (including phenoxy) is 2. The Hall–Kier alpha value is -0.160. The van der Waals surface area contributed by atoms with Crippen molar-refractivity contribution in [2.24, 2.45) is 5.41 Å². The highest BCUT2D eigenvalue weighted by Gasteiger charge is 2.69. The van der Waals surface area contributed by atoms with E-state index >= 15 is 0 Å². The highest BCUT2D eigenvalue weighted by molar-refractivity contribution is 5.11. The molecule has 0 saturated carbocycles. The van der Waals surface area contributed by atoms with Crippen LogP contribution in [0.15, 0.2) is 0 Å². The van der Waals surface area contributed by atoms with Gasteiger partial charge in [0.1, 0.15) is 5.72 Å². The molecule has 0 aromatic heterocycles. The second-order valence-electron chi connectivity index (χ2n) is 8.40. The lowest BCUT2D eigenvalue weighted by Crippen LogP contribution is -2.66. The molecule has 2 rings (SSSR count). The van der Waals surface area contributed by atoms with Crippen molar-refractivity contribution in [2.45, 2.75) is 84.5 Å². The zero-order valence-electron chi connectivity index (χ0n) is 14.6. The topological polar surface area (TPSA) is 33.7 Å². The minimum Gasteiger partial charge on any atom is -0.347 e. The van der Waals surface area contributed by atoms with Gasteiger partial charge in [0.25, 0.3) is 0 Å². The Morgan fingerprint density at radius 2 is 1.80 bits per heavy atom. The molecule has 4 heteroatoms. The first-order chi connectivity index (χ1) is 8.86. The molecule has 0 aromatic carbocycles. The van der Waals surface area contributed by atoms with E-state index < -0.39 is 5.79 Å². The van der Waals surface area contributed by atoms with Crippen molar-refractivity contribution in [3.63, 3.8) is 0 Å². The lowest BCUT2D eigenvalue weighted by molar-refractivity contribution is -0.389. The van der Waals surface area contributed by atoms with Gasteiger partial charge in [0.2, 0.25) is 0 Å². The van der Waals surface area contributed by atoms with Crippen LogP contribution < -0.4 is 5.32 Å². The number of hydrogen-bond donors (Lipinski definition) is 1. The Morgan fingerprint density at radius 3 is 2.10 bits per heavy atom. The molecule has 2 aliphatic heterocycles. The molecule has 118 valence electrons. The minimum absolute atomic E-state index is 0.0554. The molecule has 0 aliphatic carbocycles. The zero-order chi connectivity index (χ0) is 15.6. The average molecular weight is 284 g/mol. The van der Waals surface area contributed by atoms with Gasteiger partial charge in [-0.05, 0) is 48.6 Å². The predicted molar refractivity (Wildman–Crippen MR) is 81.5 cm³/mol. The predicted octanol–water partition coefficient (Wildman–Crippen LogP) is 2.58. The van der Waals surface area contributed by atoms with Crippen molar-refractivity contribution in [1.29, 1.82) is 0 Å². The van der Waals surface area contributed by atoms with E-state index in [0.717, 1.165) is 6.61 Å². The van der Waals surface area contributed by atoms with Crippen LogP contribution in [0.3, 0.4) is 0 Å². The molecule has 0 amide bonds. The van der Waals surface area contributed by atoms with Crippen LogP contribution in [0.5, 0.6) is 0 Å². The van der Waals surface area contributed by atoms with Crippen molar-refractivity contribution in [3.8, 4) is 0 Å². The molecule has 4 nitrogen and oxygen atoms in total.